The monoisotopic (exact) mass is 391 g/mol. The van der Waals surface area contributed by atoms with Crippen LogP contribution in [0.15, 0.2) is 34.9 Å². The number of nitrogens with two attached hydrogens (primary N) is 1. The van der Waals surface area contributed by atoms with Gasteiger partial charge in [-0.1, -0.05) is 15.9 Å². The lowest BCUT2D eigenvalue weighted by Gasteiger charge is -2.12. The second kappa shape index (κ2) is 4.85. The highest BCUT2D eigenvalue weighted by Gasteiger charge is 2.14. The van der Waals surface area contributed by atoms with Crippen molar-refractivity contribution in [1.29, 1.82) is 0 Å². The minimum atomic E-state index is -0.175. The molecule has 0 aliphatic heterocycles. The van der Waals surface area contributed by atoms with Crippen LogP contribution in [0.25, 0.3) is 0 Å². The Kier molecular flexibility index (Phi) is 3.66. The Labute approximate surface area is 116 Å². The molecule has 0 bridgehead atoms. The van der Waals surface area contributed by atoms with Gasteiger partial charge in [0, 0.05) is 21.3 Å². The van der Waals surface area contributed by atoms with E-state index >= 15 is 0 Å². The lowest BCUT2D eigenvalue weighted by molar-refractivity contribution is 0.714. The number of rotatable bonds is 2. The van der Waals surface area contributed by atoms with Crippen molar-refractivity contribution in [3.05, 3.63) is 49.8 Å². The van der Waals surface area contributed by atoms with Gasteiger partial charge in [0.05, 0.1) is 11.7 Å². The Bertz CT molecular complexity index is 510. The van der Waals surface area contributed by atoms with E-state index in [1.54, 1.807) is 4.68 Å². The number of halogens is 2. The SMILES string of the molecule is Cn1ccc(C(N)c2cc(Br)ccc2I)n1. The van der Waals surface area contributed by atoms with Crippen LogP contribution in [0.2, 0.25) is 0 Å². The summed E-state index contributed by atoms with van der Waals surface area (Å²) in [5, 5.41) is 4.33. The summed E-state index contributed by atoms with van der Waals surface area (Å²) >= 11 is 5.75. The number of aryl methyl sites for hydroxylation is 1. The maximum absolute atomic E-state index is 6.20. The average Bonchev–Trinajstić information content (AvgIpc) is 2.67. The van der Waals surface area contributed by atoms with E-state index in [9.17, 15) is 0 Å². The van der Waals surface area contributed by atoms with Crippen LogP contribution < -0.4 is 5.73 Å². The molecule has 0 spiro atoms. The van der Waals surface area contributed by atoms with E-state index in [2.05, 4.69) is 43.6 Å². The molecular weight excluding hydrogens is 381 g/mol. The van der Waals surface area contributed by atoms with Gasteiger partial charge < -0.3 is 5.73 Å². The zero-order chi connectivity index (χ0) is 11.7. The molecule has 0 saturated carbocycles. The van der Waals surface area contributed by atoms with Gasteiger partial charge in [-0.3, -0.25) is 4.68 Å². The molecule has 2 aromatic rings. The summed E-state index contributed by atoms with van der Waals surface area (Å²) in [5.74, 6) is 0. The van der Waals surface area contributed by atoms with Crippen molar-refractivity contribution in [3.8, 4) is 0 Å². The maximum Gasteiger partial charge on any atom is 0.0837 e. The summed E-state index contributed by atoms with van der Waals surface area (Å²) in [6, 6.07) is 7.87. The first-order chi connectivity index (χ1) is 7.58. The summed E-state index contributed by atoms with van der Waals surface area (Å²) in [7, 11) is 1.89. The van der Waals surface area contributed by atoms with E-state index in [1.807, 2.05) is 37.5 Å². The van der Waals surface area contributed by atoms with Crippen LogP contribution in [0.5, 0.6) is 0 Å². The molecule has 2 N–H and O–H groups in total. The number of hydrogen-bond donors (Lipinski definition) is 1. The highest BCUT2D eigenvalue weighted by Crippen LogP contribution is 2.26. The average molecular weight is 392 g/mol. The van der Waals surface area contributed by atoms with Gasteiger partial charge in [0.25, 0.3) is 0 Å². The van der Waals surface area contributed by atoms with Gasteiger partial charge in [-0.15, -0.1) is 0 Å². The molecule has 84 valence electrons. The van der Waals surface area contributed by atoms with Crippen molar-refractivity contribution in [2.45, 2.75) is 6.04 Å². The van der Waals surface area contributed by atoms with Crippen molar-refractivity contribution in [2.24, 2.45) is 12.8 Å². The predicted molar refractivity (Wildman–Crippen MR) is 76.1 cm³/mol. The van der Waals surface area contributed by atoms with E-state index in [4.69, 9.17) is 5.73 Å². The second-order valence-electron chi connectivity index (χ2n) is 3.56. The zero-order valence-corrected chi connectivity index (χ0v) is 12.4. The normalized spacial score (nSPS) is 12.8. The smallest absolute Gasteiger partial charge is 0.0837 e. The summed E-state index contributed by atoms with van der Waals surface area (Å²) in [5.41, 5.74) is 8.18. The maximum atomic E-state index is 6.20. The molecule has 1 aromatic carbocycles. The van der Waals surface area contributed by atoms with Gasteiger partial charge in [-0.2, -0.15) is 5.10 Å². The van der Waals surface area contributed by atoms with Gasteiger partial charge in [0.1, 0.15) is 0 Å². The third-order valence-electron chi connectivity index (χ3n) is 2.35. The van der Waals surface area contributed by atoms with Crippen molar-refractivity contribution in [1.82, 2.24) is 9.78 Å². The van der Waals surface area contributed by atoms with E-state index in [0.29, 0.717) is 0 Å². The molecule has 0 aliphatic carbocycles. The fraction of sp³-hybridized carbons (Fsp3) is 0.182. The Morgan fingerprint density at radius 1 is 1.44 bits per heavy atom. The first kappa shape index (κ1) is 12.1. The quantitative estimate of drug-likeness (QED) is 0.800. The molecule has 0 radical (unpaired) electrons. The third kappa shape index (κ3) is 2.46. The van der Waals surface area contributed by atoms with Crippen LogP contribution >= 0.6 is 38.5 Å². The van der Waals surface area contributed by atoms with Crippen LogP contribution in [-0.4, -0.2) is 9.78 Å². The molecule has 1 aromatic heterocycles. The van der Waals surface area contributed by atoms with Crippen LogP contribution in [0.4, 0.5) is 0 Å². The van der Waals surface area contributed by atoms with Gasteiger partial charge in [-0.25, -0.2) is 0 Å². The van der Waals surface area contributed by atoms with Crippen LogP contribution in [0.3, 0.4) is 0 Å². The van der Waals surface area contributed by atoms with Gasteiger partial charge in [0.2, 0.25) is 0 Å². The summed E-state index contributed by atoms with van der Waals surface area (Å²) < 4.78 is 3.95. The topological polar surface area (TPSA) is 43.8 Å². The van der Waals surface area contributed by atoms with Crippen molar-refractivity contribution >= 4 is 38.5 Å². The summed E-state index contributed by atoms with van der Waals surface area (Å²) in [6.07, 6.45) is 1.90. The largest absolute Gasteiger partial charge is 0.319 e. The van der Waals surface area contributed by atoms with Crippen LogP contribution in [0.1, 0.15) is 17.3 Å². The lowest BCUT2D eigenvalue weighted by atomic mass is 10.1. The molecular formula is C11H11BrIN3. The molecule has 5 heteroatoms. The Hall–Kier alpha value is -0.400. The molecule has 1 atom stereocenters. The number of hydrogen-bond acceptors (Lipinski definition) is 2. The van der Waals surface area contributed by atoms with Crippen LogP contribution in [-0.2, 0) is 7.05 Å². The van der Waals surface area contributed by atoms with Crippen LogP contribution in [0, 0.1) is 3.57 Å². The third-order valence-corrected chi connectivity index (χ3v) is 3.82. The molecule has 0 aliphatic rings. The lowest BCUT2D eigenvalue weighted by Crippen LogP contribution is -2.14. The summed E-state index contributed by atoms with van der Waals surface area (Å²) in [6.45, 7) is 0. The molecule has 3 nitrogen and oxygen atoms in total. The van der Waals surface area contributed by atoms with E-state index < -0.39 is 0 Å². The van der Waals surface area contributed by atoms with E-state index in [1.165, 1.54) is 0 Å². The van der Waals surface area contributed by atoms with Crippen molar-refractivity contribution < 1.29 is 0 Å². The molecule has 0 amide bonds. The van der Waals surface area contributed by atoms with Gasteiger partial charge in [-0.05, 0) is 52.4 Å². The fourth-order valence-corrected chi connectivity index (χ4v) is 2.56. The minimum absolute atomic E-state index is 0.175. The molecule has 1 heterocycles. The molecule has 0 fully saturated rings. The fourth-order valence-electron chi connectivity index (χ4n) is 1.51. The standard InChI is InChI=1S/C11H11BrIN3/c1-16-5-4-10(15-16)11(14)8-6-7(12)2-3-9(8)13/h2-6,11H,14H2,1H3. The highest BCUT2D eigenvalue weighted by molar-refractivity contribution is 14.1. The minimum Gasteiger partial charge on any atom is -0.319 e. The summed E-state index contributed by atoms with van der Waals surface area (Å²) in [4.78, 5) is 0. The molecule has 0 saturated heterocycles. The van der Waals surface area contributed by atoms with Crippen molar-refractivity contribution in [2.75, 3.05) is 0 Å². The van der Waals surface area contributed by atoms with E-state index in [-0.39, 0.29) is 6.04 Å². The Balaban J connectivity index is 2.40. The first-order valence-corrected chi connectivity index (χ1v) is 6.65. The number of benzene rings is 1. The Morgan fingerprint density at radius 3 is 2.81 bits per heavy atom. The van der Waals surface area contributed by atoms with Crippen molar-refractivity contribution in [3.63, 3.8) is 0 Å². The molecule has 1 unspecified atom stereocenters. The predicted octanol–water partition coefficient (Wildman–Crippen LogP) is 2.84. The number of aromatic nitrogens is 2. The van der Waals surface area contributed by atoms with Gasteiger partial charge in [0.15, 0.2) is 0 Å². The second-order valence-corrected chi connectivity index (χ2v) is 5.64. The zero-order valence-electron chi connectivity index (χ0n) is 8.69. The van der Waals surface area contributed by atoms with Gasteiger partial charge >= 0.3 is 0 Å². The first-order valence-electron chi connectivity index (χ1n) is 4.78. The molecule has 2 rings (SSSR count). The van der Waals surface area contributed by atoms with E-state index in [0.717, 1.165) is 19.3 Å². The molecule has 16 heavy (non-hydrogen) atoms. The Morgan fingerprint density at radius 2 is 2.19 bits per heavy atom. The number of nitrogens with zero attached hydrogens (tertiary/aromatic N) is 2. The highest BCUT2D eigenvalue weighted by atomic mass is 127.